The Morgan fingerprint density at radius 1 is 1.44 bits per heavy atom. The molecular weight excluding hydrogens is 118 g/mol. The molecule has 4 heteroatoms. The van der Waals surface area contributed by atoms with Gasteiger partial charge in [0, 0.05) is 12.3 Å². The maximum Gasteiger partial charge on any atom is 0.206 e. The fourth-order valence-electron chi connectivity index (χ4n) is 0.507. The molecule has 1 heterocycles. The van der Waals surface area contributed by atoms with Gasteiger partial charge in [0.05, 0.1) is 0 Å². The average molecular weight is 125 g/mol. The van der Waals surface area contributed by atoms with E-state index < -0.39 is 0 Å². The van der Waals surface area contributed by atoms with Gasteiger partial charge in [-0.1, -0.05) is 0 Å². The van der Waals surface area contributed by atoms with Crippen molar-refractivity contribution in [1.29, 1.82) is 0 Å². The highest BCUT2D eigenvalue weighted by Crippen LogP contribution is 1.99. The van der Waals surface area contributed by atoms with Crippen molar-refractivity contribution in [3.8, 4) is 0 Å². The second kappa shape index (κ2) is 1.81. The van der Waals surface area contributed by atoms with Crippen LogP contribution in [0.3, 0.4) is 0 Å². The summed E-state index contributed by atoms with van der Waals surface area (Å²) in [5, 5.41) is 0. The average Bonchev–Trinajstić information content (AvgIpc) is 1.83. The van der Waals surface area contributed by atoms with Gasteiger partial charge in [0.25, 0.3) is 0 Å². The predicted molar refractivity (Wildman–Crippen MR) is 35.9 cm³/mol. The summed E-state index contributed by atoms with van der Waals surface area (Å²) in [4.78, 5) is 13.2. The molecule has 1 aromatic rings. The van der Waals surface area contributed by atoms with Crippen LogP contribution in [0.25, 0.3) is 0 Å². The first-order chi connectivity index (χ1) is 4.22. The van der Waals surface area contributed by atoms with Crippen LogP contribution < -0.4 is 16.9 Å². The Balaban J connectivity index is 3.43. The first-order valence-corrected chi connectivity index (χ1v) is 2.44. The quantitative estimate of drug-likeness (QED) is 0.438. The van der Waals surface area contributed by atoms with Crippen molar-refractivity contribution in [3.63, 3.8) is 0 Å². The minimum Gasteiger partial charge on any atom is -0.393 e. The molecule has 0 atom stereocenters. The van der Waals surface area contributed by atoms with Crippen LogP contribution in [0.4, 0.5) is 11.5 Å². The SMILES string of the molecule is Nc1[nH]ccc(=O)c1N. The van der Waals surface area contributed by atoms with Crippen molar-refractivity contribution in [2.24, 2.45) is 0 Å². The molecule has 0 unspecified atom stereocenters. The van der Waals surface area contributed by atoms with E-state index in [0.29, 0.717) is 0 Å². The van der Waals surface area contributed by atoms with E-state index >= 15 is 0 Å². The fourth-order valence-corrected chi connectivity index (χ4v) is 0.507. The molecule has 4 nitrogen and oxygen atoms in total. The molecule has 0 saturated heterocycles. The summed E-state index contributed by atoms with van der Waals surface area (Å²) in [5.74, 6) is 0.225. The lowest BCUT2D eigenvalue weighted by Gasteiger charge is -1.94. The van der Waals surface area contributed by atoms with Gasteiger partial charge in [-0.25, -0.2) is 0 Å². The molecule has 0 saturated carbocycles. The van der Waals surface area contributed by atoms with Crippen molar-refractivity contribution in [2.45, 2.75) is 0 Å². The third kappa shape index (κ3) is 0.861. The van der Waals surface area contributed by atoms with Crippen molar-refractivity contribution in [1.82, 2.24) is 4.98 Å². The van der Waals surface area contributed by atoms with Gasteiger partial charge in [-0.2, -0.15) is 0 Å². The van der Waals surface area contributed by atoms with Crippen LogP contribution in [0.5, 0.6) is 0 Å². The Kier molecular flexibility index (Phi) is 1.14. The zero-order chi connectivity index (χ0) is 6.85. The van der Waals surface area contributed by atoms with Crippen LogP contribution in [0.2, 0.25) is 0 Å². The zero-order valence-electron chi connectivity index (χ0n) is 4.72. The van der Waals surface area contributed by atoms with E-state index in [0.717, 1.165) is 0 Å². The standard InChI is InChI=1S/C5H7N3O/c6-4-3(9)1-2-8-5(4)7/h1-2H,6H2,(H3,7,8,9). The van der Waals surface area contributed by atoms with Gasteiger partial charge in [-0.05, 0) is 0 Å². The van der Waals surface area contributed by atoms with Crippen molar-refractivity contribution in [3.05, 3.63) is 22.5 Å². The van der Waals surface area contributed by atoms with Crippen molar-refractivity contribution >= 4 is 11.5 Å². The molecule has 0 aliphatic rings. The maximum absolute atomic E-state index is 10.6. The third-order valence-electron chi connectivity index (χ3n) is 1.03. The first-order valence-electron chi connectivity index (χ1n) is 2.44. The second-order valence-electron chi connectivity index (χ2n) is 1.67. The van der Waals surface area contributed by atoms with E-state index in [4.69, 9.17) is 11.5 Å². The van der Waals surface area contributed by atoms with Crippen LogP contribution in [0.15, 0.2) is 17.1 Å². The first kappa shape index (κ1) is 5.68. The van der Waals surface area contributed by atoms with Crippen LogP contribution in [-0.2, 0) is 0 Å². The van der Waals surface area contributed by atoms with Crippen LogP contribution in [0, 0.1) is 0 Å². The lowest BCUT2D eigenvalue weighted by Crippen LogP contribution is -2.10. The number of anilines is 2. The zero-order valence-corrected chi connectivity index (χ0v) is 4.72. The molecule has 48 valence electrons. The third-order valence-corrected chi connectivity index (χ3v) is 1.03. The van der Waals surface area contributed by atoms with E-state index in [1.807, 2.05) is 0 Å². The van der Waals surface area contributed by atoms with Gasteiger partial charge < -0.3 is 16.5 Å². The number of hydrogen-bond donors (Lipinski definition) is 3. The highest BCUT2D eigenvalue weighted by Gasteiger charge is 1.94. The molecule has 0 bridgehead atoms. The van der Waals surface area contributed by atoms with E-state index in [-0.39, 0.29) is 16.9 Å². The summed E-state index contributed by atoms with van der Waals surface area (Å²) in [6.07, 6.45) is 1.45. The van der Waals surface area contributed by atoms with E-state index in [2.05, 4.69) is 4.98 Å². The summed E-state index contributed by atoms with van der Waals surface area (Å²) in [6.45, 7) is 0. The molecular formula is C5H7N3O. The summed E-state index contributed by atoms with van der Waals surface area (Å²) in [7, 11) is 0. The van der Waals surface area contributed by atoms with Gasteiger partial charge in [0.2, 0.25) is 5.43 Å². The normalized spacial score (nSPS) is 9.33. The molecule has 0 amide bonds. The molecule has 9 heavy (non-hydrogen) atoms. The number of nitrogens with two attached hydrogens (primary N) is 2. The molecule has 1 rings (SSSR count). The molecule has 5 N–H and O–H groups in total. The van der Waals surface area contributed by atoms with Gasteiger partial charge in [0.15, 0.2) is 0 Å². The number of aromatic amines is 1. The Labute approximate surface area is 51.5 Å². The Morgan fingerprint density at radius 2 is 2.11 bits per heavy atom. The molecule has 0 aromatic carbocycles. The molecule has 0 aliphatic heterocycles. The minimum atomic E-state index is -0.244. The minimum absolute atomic E-state index is 0.0810. The topological polar surface area (TPSA) is 84.9 Å². The largest absolute Gasteiger partial charge is 0.393 e. The smallest absolute Gasteiger partial charge is 0.206 e. The highest BCUT2D eigenvalue weighted by atomic mass is 16.1. The lowest BCUT2D eigenvalue weighted by molar-refractivity contribution is 1.32. The fraction of sp³-hybridized carbons (Fsp3) is 0. The summed E-state index contributed by atoms with van der Waals surface area (Å²) in [6, 6.07) is 1.33. The van der Waals surface area contributed by atoms with E-state index in [1.165, 1.54) is 12.3 Å². The number of H-pyrrole nitrogens is 1. The predicted octanol–water partition coefficient (Wildman–Crippen LogP) is -0.461. The van der Waals surface area contributed by atoms with Gasteiger partial charge >= 0.3 is 0 Å². The molecule has 0 fully saturated rings. The number of hydrogen-bond acceptors (Lipinski definition) is 3. The van der Waals surface area contributed by atoms with Crippen molar-refractivity contribution in [2.75, 3.05) is 11.5 Å². The number of rotatable bonds is 0. The Hall–Kier alpha value is -1.45. The molecule has 0 radical (unpaired) electrons. The van der Waals surface area contributed by atoms with Gasteiger partial charge in [-0.15, -0.1) is 0 Å². The van der Waals surface area contributed by atoms with E-state index in [1.54, 1.807) is 0 Å². The lowest BCUT2D eigenvalue weighted by atomic mass is 10.4. The monoisotopic (exact) mass is 125 g/mol. The summed E-state index contributed by atoms with van der Waals surface area (Å²) in [5.41, 5.74) is 10.3. The highest BCUT2D eigenvalue weighted by molar-refractivity contribution is 5.56. The number of pyridine rings is 1. The van der Waals surface area contributed by atoms with Gasteiger partial charge in [-0.3, -0.25) is 4.79 Å². The summed E-state index contributed by atoms with van der Waals surface area (Å²) < 4.78 is 0. The Morgan fingerprint density at radius 3 is 2.56 bits per heavy atom. The maximum atomic E-state index is 10.6. The number of nitrogen functional groups attached to an aromatic ring is 2. The molecule has 0 spiro atoms. The van der Waals surface area contributed by atoms with Crippen LogP contribution in [-0.4, -0.2) is 4.98 Å². The second-order valence-corrected chi connectivity index (χ2v) is 1.67. The number of nitrogens with one attached hydrogen (secondary N) is 1. The van der Waals surface area contributed by atoms with Gasteiger partial charge in [0.1, 0.15) is 11.5 Å². The van der Waals surface area contributed by atoms with Crippen molar-refractivity contribution < 1.29 is 0 Å². The number of aromatic nitrogens is 1. The van der Waals surface area contributed by atoms with Crippen LogP contribution in [0.1, 0.15) is 0 Å². The van der Waals surface area contributed by atoms with Crippen LogP contribution >= 0.6 is 0 Å². The van der Waals surface area contributed by atoms with E-state index in [9.17, 15) is 4.79 Å². The molecule has 1 aromatic heterocycles. The summed E-state index contributed by atoms with van der Waals surface area (Å²) >= 11 is 0. The molecule has 0 aliphatic carbocycles. The Bertz CT molecular complexity index is 265.